The highest BCUT2D eigenvalue weighted by molar-refractivity contribution is 5.90. The number of anilines is 1. The Hall–Kier alpha value is -2.69. The summed E-state index contributed by atoms with van der Waals surface area (Å²) in [5.41, 5.74) is 2.48. The molecule has 1 N–H and O–H groups in total. The Morgan fingerprint density at radius 1 is 1.04 bits per heavy atom. The molecule has 0 aliphatic heterocycles. The van der Waals surface area contributed by atoms with Crippen molar-refractivity contribution in [2.45, 2.75) is 6.92 Å². The number of rotatable bonds is 7. The Bertz CT molecular complexity index is 653. The molecule has 5 heteroatoms. The first-order valence-corrected chi connectivity index (χ1v) is 7.33. The van der Waals surface area contributed by atoms with Crippen LogP contribution in [0.15, 0.2) is 42.5 Å². The smallest absolute Gasteiger partial charge is 0.337 e. The quantitative estimate of drug-likeness (QED) is 0.628. The van der Waals surface area contributed by atoms with Crippen molar-refractivity contribution in [1.82, 2.24) is 0 Å². The van der Waals surface area contributed by atoms with Crippen molar-refractivity contribution in [2.24, 2.45) is 0 Å². The Morgan fingerprint density at radius 2 is 1.74 bits per heavy atom. The van der Waals surface area contributed by atoms with Gasteiger partial charge in [-0.15, -0.1) is 0 Å². The van der Waals surface area contributed by atoms with Crippen LogP contribution >= 0.6 is 0 Å². The van der Waals surface area contributed by atoms with Crippen molar-refractivity contribution >= 4 is 11.7 Å². The summed E-state index contributed by atoms with van der Waals surface area (Å²) < 4.78 is 15.5. The van der Waals surface area contributed by atoms with Crippen LogP contribution in [0.2, 0.25) is 0 Å². The highest BCUT2D eigenvalue weighted by Crippen LogP contribution is 2.18. The van der Waals surface area contributed by atoms with Crippen LogP contribution in [0.1, 0.15) is 15.9 Å². The van der Waals surface area contributed by atoms with E-state index in [1.807, 2.05) is 37.3 Å². The fraction of sp³-hybridized carbons (Fsp3) is 0.278. The van der Waals surface area contributed by atoms with Crippen LogP contribution < -0.4 is 14.8 Å². The lowest BCUT2D eigenvalue weighted by molar-refractivity contribution is 0.0601. The van der Waals surface area contributed by atoms with E-state index in [4.69, 9.17) is 14.2 Å². The second kappa shape index (κ2) is 8.08. The Labute approximate surface area is 136 Å². The maximum atomic E-state index is 11.6. The summed E-state index contributed by atoms with van der Waals surface area (Å²) in [7, 11) is 3.00. The van der Waals surface area contributed by atoms with Gasteiger partial charge in [-0.25, -0.2) is 4.79 Å². The number of esters is 1. The number of nitrogens with one attached hydrogen (secondary N) is 1. The molecule has 122 valence electrons. The summed E-state index contributed by atoms with van der Waals surface area (Å²) in [5, 5.41) is 3.27. The average Bonchev–Trinajstić information content (AvgIpc) is 2.60. The molecule has 0 aliphatic rings. The minimum absolute atomic E-state index is 0.345. The molecule has 2 aromatic rings. The molecule has 0 radical (unpaired) electrons. The van der Waals surface area contributed by atoms with E-state index < -0.39 is 0 Å². The zero-order chi connectivity index (χ0) is 16.7. The first-order chi connectivity index (χ1) is 11.1. The van der Waals surface area contributed by atoms with Gasteiger partial charge in [0.25, 0.3) is 0 Å². The van der Waals surface area contributed by atoms with Gasteiger partial charge in [-0.3, -0.25) is 0 Å². The van der Waals surface area contributed by atoms with Gasteiger partial charge < -0.3 is 19.5 Å². The topological polar surface area (TPSA) is 56.8 Å². The molecule has 0 aliphatic carbocycles. The fourth-order valence-electron chi connectivity index (χ4n) is 2.08. The normalized spacial score (nSPS) is 10.0. The molecule has 0 saturated carbocycles. The predicted molar refractivity (Wildman–Crippen MR) is 89.5 cm³/mol. The molecule has 0 spiro atoms. The van der Waals surface area contributed by atoms with E-state index in [0.717, 1.165) is 22.7 Å². The summed E-state index contributed by atoms with van der Waals surface area (Å²) in [6, 6.07) is 12.9. The second-order valence-corrected chi connectivity index (χ2v) is 4.97. The highest BCUT2D eigenvalue weighted by atomic mass is 16.5. The predicted octanol–water partition coefficient (Wildman–Crippen LogP) is 3.28. The van der Waals surface area contributed by atoms with Crippen LogP contribution in [0.25, 0.3) is 0 Å². The lowest BCUT2D eigenvalue weighted by atomic mass is 10.1. The van der Waals surface area contributed by atoms with Crippen LogP contribution in [0.5, 0.6) is 11.5 Å². The highest BCUT2D eigenvalue weighted by Gasteiger charge is 2.07. The molecule has 23 heavy (non-hydrogen) atoms. The average molecular weight is 315 g/mol. The minimum Gasteiger partial charge on any atom is -0.497 e. The van der Waals surface area contributed by atoms with Crippen molar-refractivity contribution in [3.8, 4) is 11.5 Å². The summed E-state index contributed by atoms with van der Waals surface area (Å²) in [5.74, 6) is 1.24. The third-order valence-corrected chi connectivity index (χ3v) is 3.40. The van der Waals surface area contributed by atoms with Crippen LogP contribution in [0.3, 0.4) is 0 Å². The first-order valence-electron chi connectivity index (χ1n) is 7.33. The van der Waals surface area contributed by atoms with E-state index in [-0.39, 0.29) is 5.97 Å². The first kappa shape index (κ1) is 16.7. The van der Waals surface area contributed by atoms with Gasteiger partial charge in [-0.05, 0) is 48.9 Å². The standard InChI is InChI=1S/C18H21NO4/c1-13-4-5-14(18(20)22-3)12-17(13)19-10-11-23-16-8-6-15(21-2)7-9-16/h4-9,12,19H,10-11H2,1-3H3. The lowest BCUT2D eigenvalue weighted by Gasteiger charge is -2.12. The number of carbonyl (C=O) groups is 1. The number of ether oxygens (including phenoxy) is 3. The van der Waals surface area contributed by atoms with Gasteiger partial charge in [0, 0.05) is 12.2 Å². The SMILES string of the molecule is COC(=O)c1ccc(C)c(NCCOc2ccc(OC)cc2)c1. The van der Waals surface area contributed by atoms with Crippen LogP contribution in [0.4, 0.5) is 5.69 Å². The monoisotopic (exact) mass is 315 g/mol. The number of methoxy groups -OCH3 is 2. The number of carbonyl (C=O) groups excluding carboxylic acids is 1. The van der Waals surface area contributed by atoms with Crippen LogP contribution in [-0.4, -0.2) is 33.3 Å². The van der Waals surface area contributed by atoms with Gasteiger partial charge in [-0.1, -0.05) is 6.07 Å². The van der Waals surface area contributed by atoms with Gasteiger partial charge in [0.05, 0.1) is 19.8 Å². The van der Waals surface area contributed by atoms with Gasteiger partial charge in [0.1, 0.15) is 18.1 Å². The van der Waals surface area contributed by atoms with Gasteiger partial charge >= 0.3 is 5.97 Å². The Kier molecular flexibility index (Phi) is 5.86. The van der Waals surface area contributed by atoms with Gasteiger partial charge in [0.2, 0.25) is 0 Å². The summed E-state index contributed by atoms with van der Waals surface area (Å²) in [6.45, 7) is 3.11. The number of benzene rings is 2. The Balaban J connectivity index is 1.86. The molecular formula is C18H21NO4. The number of aryl methyl sites for hydroxylation is 1. The second-order valence-electron chi connectivity index (χ2n) is 4.97. The van der Waals surface area contributed by atoms with Crippen molar-refractivity contribution in [3.05, 3.63) is 53.6 Å². The largest absolute Gasteiger partial charge is 0.497 e. The zero-order valence-electron chi connectivity index (χ0n) is 13.6. The van der Waals surface area contributed by atoms with Crippen LogP contribution in [-0.2, 0) is 4.74 Å². The van der Waals surface area contributed by atoms with E-state index in [2.05, 4.69) is 5.32 Å². The van der Waals surface area contributed by atoms with Crippen molar-refractivity contribution in [1.29, 1.82) is 0 Å². The van der Waals surface area contributed by atoms with Crippen molar-refractivity contribution in [2.75, 3.05) is 32.7 Å². The van der Waals surface area contributed by atoms with E-state index in [9.17, 15) is 4.79 Å². The molecule has 0 fully saturated rings. The van der Waals surface area contributed by atoms with E-state index in [1.165, 1.54) is 7.11 Å². The molecule has 0 bridgehead atoms. The molecular weight excluding hydrogens is 294 g/mol. The molecule has 0 aromatic heterocycles. The Morgan fingerprint density at radius 3 is 2.39 bits per heavy atom. The van der Waals surface area contributed by atoms with E-state index >= 15 is 0 Å². The maximum absolute atomic E-state index is 11.6. The molecule has 0 unspecified atom stereocenters. The molecule has 0 amide bonds. The number of hydrogen-bond donors (Lipinski definition) is 1. The third kappa shape index (κ3) is 4.64. The minimum atomic E-state index is -0.345. The molecule has 5 nitrogen and oxygen atoms in total. The molecule has 2 aromatic carbocycles. The maximum Gasteiger partial charge on any atom is 0.337 e. The van der Waals surface area contributed by atoms with Gasteiger partial charge in [0.15, 0.2) is 0 Å². The summed E-state index contributed by atoms with van der Waals surface area (Å²) >= 11 is 0. The van der Waals surface area contributed by atoms with Crippen molar-refractivity contribution in [3.63, 3.8) is 0 Å². The van der Waals surface area contributed by atoms with E-state index in [0.29, 0.717) is 18.7 Å². The van der Waals surface area contributed by atoms with Crippen molar-refractivity contribution < 1.29 is 19.0 Å². The summed E-state index contributed by atoms with van der Waals surface area (Å²) in [4.78, 5) is 11.6. The molecule has 0 heterocycles. The molecule has 0 atom stereocenters. The van der Waals surface area contributed by atoms with E-state index in [1.54, 1.807) is 19.2 Å². The zero-order valence-corrected chi connectivity index (χ0v) is 13.6. The third-order valence-electron chi connectivity index (χ3n) is 3.40. The summed E-state index contributed by atoms with van der Waals surface area (Å²) in [6.07, 6.45) is 0. The van der Waals surface area contributed by atoms with Crippen LogP contribution in [0, 0.1) is 6.92 Å². The fourth-order valence-corrected chi connectivity index (χ4v) is 2.08. The molecule has 2 rings (SSSR count). The molecule has 0 saturated heterocycles. The number of hydrogen-bond acceptors (Lipinski definition) is 5. The van der Waals surface area contributed by atoms with Gasteiger partial charge in [-0.2, -0.15) is 0 Å². The lowest BCUT2D eigenvalue weighted by Crippen LogP contribution is -2.13.